The molecule has 0 saturated carbocycles. The third kappa shape index (κ3) is 4.88. The summed E-state index contributed by atoms with van der Waals surface area (Å²) in [6, 6.07) is 3.63. The number of rotatable bonds is 7. The minimum absolute atomic E-state index is 0.0422. The van der Waals surface area contributed by atoms with Crippen LogP contribution < -0.4 is 5.73 Å². The lowest BCUT2D eigenvalue weighted by Gasteiger charge is -2.47. The van der Waals surface area contributed by atoms with Crippen LogP contribution in [0.25, 0.3) is 0 Å². The van der Waals surface area contributed by atoms with Crippen LogP contribution in [0.2, 0.25) is 0 Å². The van der Waals surface area contributed by atoms with E-state index in [9.17, 15) is 15.0 Å². The first-order valence-electron chi connectivity index (χ1n) is 11.3. The molecule has 1 unspecified atom stereocenters. The molecule has 2 aliphatic rings. The van der Waals surface area contributed by atoms with E-state index in [0.717, 1.165) is 43.5 Å². The molecule has 2 aliphatic heterocycles. The first-order chi connectivity index (χ1) is 14.2. The quantitative estimate of drug-likeness (QED) is 0.589. The van der Waals surface area contributed by atoms with Crippen molar-refractivity contribution >= 4 is 5.97 Å². The van der Waals surface area contributed by atoms with Crippen molar-refractivity contribution in [2.24, 2.45) is 23.5 Å². The third-order valence-electron chi connectivity index (χ3n) is 6.75. The van der Waals surface area contributed by atoms with Gasteiger partial charge in [0.05, 0.1) is 13.2 Å². The molecule has 0 amide bonds. The van der Waals surface area contributed by atoms with Crippen molar-refractivity contribution in [3.63, 3.8) is 0 Å². The van der Waals surface area contributed by atoms with Crippen LogP contribution in [0.3, 0.4) is 0 Å². The number of esters is 1. The Balaban J connectivity index is 1.88. The first kappa shape index (κ1) is 23.2. The minimum atomic E-state index is -0.602. The van der Waals surface area contributed by atoms with E-state index < -0.39 is 6.04 Å². The summed E-state index contributed by atoms with van der Waals surface area (Å²) in [5, 5.41) is 19.4. The molecular weight excluding hydrogens is 380 g/mol. The Morgan fingerprint density at radius 1 is 1.20 bits per heavy atom. The molecular formula is C24H38N2O4. The topological polar surface area (TPSA) is 96.0 Å². The van der Waals surface area contributed by atoms with Crippen LogP contribution in [0.15, 0.2) is 12.1 Å². The van der Waals surface area contributed by atoms with Crippen molar-refractivity contribution in [3.8, 4) is 0 Å². The molecule has 0 spiro atoms. The van der Waals surface area contributed by atoms with Gasteiger partial charge in [0.25, 0.3) is 0 Å². The van der Waals surface area contributed by atoms with E-state index in [1.165, 1.54) is 11.1 Å². The van der Waals surface area contributed by atoms with Crippen molar-refractivity contribution < 1.29 is 19.7 Å². The molecule has 168 valence electrons. The molecule has 0 aromatic heterocycles. The predicted molar refractivity (Wildman–Crippen MR) is 117 cm³/mol. The highest BCUT2D eigenvalue weighted by Crippen LogP contribution is 2.42. The molecule has 1 fully saturated rings. The smallest absolute Gasteiger partial charge is 0.323 e. The minimum Gasteiger partial charge on any atom is -0.461 e. The normalized spacial score (nSPS) is 25.2. The zero-order valence-corrected chi connectivity index (χ0v) is 18.8. The zero-order valence-electron chi connectivity index (χ0n) is 18.8. The lowest BCUT2D eigenvalue weighted by molar-refractivity contribution is -0.160. The number of carbonyl (C=O) groups is 1. The maximum atomic E-state index is 12.7. The van der Waals surface area contributed by atoms with Gasteiger partial charge in [-0.3, -0.25) is 9.69 Å². The van der Waals surface area contributed by atoms with Crippen molar-refractivity contribution in [1.29, 1.82) is 0 Å². The Hall–Kier alpha value is -1.47. The number of nitrogens with two attached hydrogens (primary N) is 1. The van der Waals surface area contributed by atoms with Crippen LogP contribution in [-0.2, 0) is 29.2 Å². The third-order valence-corrected chi connectivity index (χ3v) is 6.75. The second-order valence-electron chi connectivity index (χ2n) is 9.77. The molecule has 30 heavy (non-hydrogen) atoms. The Morgan fingerprint density at radius 2 is 1.87 bits per heavy atom. The SMILES string of the molecule is CC(C)C[C@@H]1CN2CCc3cc(CO)c(CO)cc3C2C[C@H]1OC(=O)[C@@H](N)C(C)C. The molecule has 4 atom stereocenters. The molecule has 6 heteroatoms. The summed E-state index contributed by atoms with van der Waals surface area (Å²) in [6.45, 7) is 9.99. The van der Waals surface area contributed by atoms with E-state index >= 15 is 0 Å². The van der Waals surface area contributed by atoms with Gasteiger partial charge in [-0.1, -0.05) is 39.8 Å². The average Bonchev–Trinajstić information content (AvgIpc) is 2.71. The number of benzene rings is 1. The summed E-state index contributed by atoms with van der Waals surface area (Å²) in [7, 11) is 0. The van der Waals surface area contributed by atoms with Gasteiger partial charge in [0.1, 0.15) is 12.1 Å². The van der Waals surface area contributed by atoms with Crippen LogP contribution in [0.1, 0.15) is 68.8 Å². The first-order valence-corrected chi connectivity index (χ1v) is 11.3. The molecule has 0 radical (unpaired) electrons. The maximum Gasteiger partial charge on any atom is 0.323 e. The standard InChI is InChI=1S/C24H38N2O4/c1-14(2)7-17-11-26-6-5-16-8-18(12-27)19(13-28)9-20(16)21(26)10-22(17)30-24(29)23(25)15(3)4/h8-9,14-15,17,21-23,27-28H,5-7,10-13,25H2,1-4H3/t17-,21?,22-,23+/m1/s1. The Labute approximate surface area is 180 Å². The van der Waals surface area contributed by atoms with Gasteiger partial charge in [-0.25, -0.2) is 0 Å². The molecule has 0 bridgehead atoms. The van der Waals surface area contributed by atoms with Gasteiger partial charge in [0.2, 0.25) is 0 Å². The summed E-state index contributed by atoms with van der Waals surface area (Å²) < 4.78 is 6.01. The van der Waals surface area contributed by atoms with Crippen LogP contribution >= 0.6 is 0 Å². The summed E-state index contributed by atoms with van der Waals surface area (Å²) in [5.41, 5.74) is 10.1. The fourth-order valence-corrected chi connectivity index (χ4v) is 5.00. The van der Waals surface area contributed by atoms with Crippen molar-refractivity contribution in [2.45, 2.75) is 78.4 Å². The van der Waals surface area contributed by atoms with E-state index in [4.69, 9.17) is 10.5 Å². The number of fused-ring (bicyclic) bond motifs is 3. The predicted octanol–water partition coefficient (Wildman–Crippen LogP) is 2.53. The Morgan fingerprint density at radius 3 is 2.47 bits per heavy atom. The van der Waals surface area contributed by atoms with E-state index in [0.29, 0.717) is 11.8 Å². The Bertz CT molecular complexity index is 749. The van der Waals surface area contributed by atoms with Crippen LogP contribution in [0.4, 0.5) is 0 Å². The number of ether oxygens (including phenoxy) is 1. The summed E-state index contributed by atoms with van der Waals surface area (Å²) in [4.78, 5) is 15.2. The van der Waals surface area contributed by atoms with Gasteiger partial charge in [0.15, 0.2) is 0 Å². The second kappa shape index (κ2) is 9.77. The summed E-state index contributed by atoms with van der Waals surface area (Å²) in [6.07, 6.45) is 2.52. The number of aliphatic hydroxyl groups excluding tert-OH is 2. The number of piperidine rings is 1. The van der Waals surface area contributed by atoms with Gasteiger partial charge < -0.3 is 20.7 Å². The van der Waals surface area contributed by atoms with E-state index in [1.54, 1.807) is 0 Å². The summed E-state index contributed by atoms with van der Waals surface area (Å²) in [5.74, 6) is 0.553. The molecule has 6 nitrogen and oxygen atoms in total. The summed E-state index contributed by atoms with van der Waals surface area (Å²) >= 11 is 0. The van der Waals surface area contributed by atoms with Gasteiger partial charge in [-0.15, -0.1) is 0 Å². The molecule has 3 rings (SSSR count). The van der Waals surface area contributed by atoms with Gasteiger partial charge in [-0.2, -0.15) is 0 Å². The Kier molecular flexibility index (Phi) is 7.56. The molecule has 1 saturated heterocycles. The zero-order chi connectivity index (χ0) is 22.0. The highest BCUT2D eigenvalue weighted by atomic mass is 16.5. The molecule has 1 aromatic carbocycles. The van der Waals surface area contributed by atoms with Crippen LogP contribution in [0.5, 0.6) is 0 Å². The number of nitrogens with zero attached hydrogens (tertiary/aromatic N) is 1. The van der Waals surface area contributed by atoms with Gasteiger partial charge >= 0.3 is 5.97 Å². The fourth-order valence-electron chi connectivity index (χ4n) is 5.00. The second-order valence-corrected chi connectivity index (χ2v) is 9.77. The fraction of sp³-hybridized carbons (Fsp3) is 0.708. The van der Waals surface area contributed by atoms with Crippen molar-refractivity contribution in [1.82, 2.24) is 4.90 Å². The average molecular weight is 419 g/mol. The number of aliphatic hydroxyl groups is 2. The lowest BCUT2D eigenvalue weighted by atomic mass is 9.78. The molecule has 0 aliphatic carbocycles. The largest absolute Gasteiger partial charge is 0.461 e. The monoisotopic (exact) mass is 418 g/mol. The van der Waals surface area contributed by atoms with Crippen molar-refractivity contribution in [2.75, 3.05) is 13.1 Å². The number of hydrogen-bond donors (Lipinski definition) is 3. The van der Waals surface area contributed by atoms with Crippen LogP contribution in [-0.4, -0.2) is 46.3 Å². The maximum absolute atomic E-state index is 12.7. The molecule has 2 heterocycles. The van der Waals surface area contributed by atoms with E-state index in [2.05, 4.69) is 18.7 Å². The van der Waals surface area contributed by atoms with Gasteiger partial charge in [0, 0.05) is 31.5 Å². The lowest BCUT2D eigenvalue weighted by Crippen LogP contribution is -2.51. The van der Waals surface area contributed by atoms with E-state index in [1.807, 2.05) is 26.0 Å². The van der Waals surface area contributed by atoms with Gasteiger partial charge in [-0.05, 0) is 46.9 Å². The number of carbonyl (C=O) groups excluding carboxylic acids is 1. The van der Waals surface area contributed by atoms with E-state index in [-0.39, 0.29) is 37.2 Å². The highest BCUT2D eigenvalue weighted by molar-refractivity contribution is 5.76. The number of hydrogen-bond acceptors (Lipinski definition) is 6. The highest BCUT2D eigenvalue weighted by Gasteiger charge is 2.41. The molecule has 4 N–H and O–H groups in total. The van der Waals surface area contributed by atoms with Crippen molar-refractivity contribution in [3.05, 3.63) is 34.4 Å². The van der Waals surface area contributed by atoms with Crippen LogP contribution in [0, 0.1) is 17.8 Å². The molecule has 1 aromatic rings.